The lowest BCUT2D eigenvalue weighted by Crippen LogP contribution is -2.35. The van der Waals surface area contributed by atoms with Gasteiger partial charge in [0.25, 0.3) is 0 Å². The second kappa shape index (κ2) is 8.96. The second-order valence-electron chi connectivity index (χ2n) is 6.65. The number of aliphatic hydroxyl groups excluding tert-OH is 1. The lowest BCUT2D eigenvalue weighted by atomic mass is 10.2. The van der Waals surface area contributed by atoms with Gasteiger partial charge in [0.1, 0.15) is 30.3 Å². The van der Waals surface area contributed by atoms with Gasteiger partial charge in [-0.1, -0.05) is 35.3 Å². The average molecular weight is 396 g/mol. The van der Waals surface area contributed by atoms with Crippen molar-refractivity contribution in [3.63, 3.8) is 0 Å². The molecule has 140 valence electrons. The summed E-state index contributed by atoms with van der Waals surface area (Å²) in [6.45, 7) is 4.50. The summed E-state index contributed by atoms with van der Waals surface area (Å²) in [6.07, 6.45) is 0.447. The summed E-state index contributed by atoms with van der Waals surface area (Å²) in [5, 5.41) is 11.2. The first kappa shape index (κ1) is 19.3. The molecule has 2 aromatic carbocycles. The number of aryl methyl sites for hydroxylation is 1. The van der Waals surface area contributed by atoms with Gasteiger partial charge in [-0.2, -0.15) is 0 Å². The Labute approximate surface area is 164 Å². The van der Waals surface area contributed by atoms with E-state index in [4.69, 9.17) is 32.7 Å². The minimum absolute atomic E-state index is 0.0807. The fourth-order valence-corrected chi connectivity index (χ4v) is 3.34. The van der Waals surface area contributed by atoms with Gasteiger partial charge in [0.2, 0.25) is 0 Å². The van der Waals surface area contributed by atoms with Crippen molar-refractivity contribution in [1.82, 2.24) is 4.90 Å². The van der Waals surface area contributed by atoms with Crippen LogP contribution in [0.5, 0.6) is 11.5 Å². The van der Waals surface area contributed by atoms with E-state index in [1.807, 2.05) is 37.3 Å². The van der Waals surface area contributed by atoms with E-state index in [2.05, 4.69) is 4.90 Å². The Balaban J connectivity index is 1.42. The number of benzene rings is 2. The Kier molecular flexibility index (Phi) is 6.65. The summed E-state index contributed by atoms with van der Waals surface area (Å²) in [4.78, 5) is 2.19. The molecule has 3 rings (SSSR count). The highest BCUT2D eigenvalue weighted by Crippen LogP contribution is 2.28. The van der Waals surface area contributed by atoms with Gasteiger partial charge in [0.15, 0.2) is 0 Å². The second-order valence-corrected chi connectivity index (χ2v) is 7.46. The molecule has 0 saturated carbocycles. The third kappa shape index (κ3) is 5.52. The van der Waals surface area contributed by atoms with Crippen molar-refractivity contribution in [2.24, 2.45) is 0 Å². The maximum atomic E-state index is 10.2. The molecule has 0 spiro atoms. The molecule has 2 atom stereocenters. The quantitative estimate of drug-likeness (QED) is 0.762. The van der Waals surface area contributed by atoms with Crippen LogP contribution < -0.4 is 9.47 Å². The summed E-state index contributed by atoms with van der Waals surface area (Å²) in [5.41, 5.74) is 1.14. The molecule has 0 aliphatic carbocycles. The van der Waals surface area contributed by atoms with Crippen molar-refractivity contribution in [2.45, 2.75) is 25.6 Å². The normalized spacial score (nSPS) is 18.7. The minimum Gasteiger partial charge on any atom is -0.491 e. The maximum Gasteiger partial charge on any atom is 0.121 e. The largest absolute Gasteiger partial charge is 0.491 e. The number of halogens is 2. The smallest absolute Gasteiger partial charge is 0.121 e. The third-order valence-electron chi connectivity index (χ3n) is 4.32. The molecule has 0 bridgehead atoms. The summed E-state index contributed by atoms with van der Waals surface area (Å²) >= 11 is 11.9. The van der Waals surface area contributed by atoms with Crippen LogP contribution in [0, 0.1) is 6.92 Å². The van der Waals surface area contributed by atoms with E-state index in [1.165, 1.54) is 0 Å². The molecule has 2 aromatic rings. The Bertz CT molecular complexity index is 741. The molecule has 4 nitrogen and oxygen atoms in total. The van der Waals surface area contributed by atoms with Crippen molar-refractivity contribution in [1.29, 1.82) is 0 Å². The molecule has 1 fully saturated rings. The van der Waals surface area contributed by atoms with Gasteiger partial charge >= 0.3 is 0 Å². The highest BCUT2D eigenvalue weighted by atomic mass is 35.5. The van der Waals surface area contributed by atoms with Crippen LogP contribution in [0.25, 0.3) is 0 Å². The monoisotopic (exact) mass is 395 g/mol. The van der Waals surface area contributed by atoms with Crippen LogP contribution in [0.1, 0.15) is 12.0 Å². The molecule has 26 heavy (non-hydrogen) atoms. The molecule has 1 aliphatic heterocycles. The van der Waals surface area contributed by atoms with E-state index in [1.54, 1.807) is 12.1 Å². The molecule has 0 radical (unpaired) electrons. The van der Waals surface area contributed by atoms with E-state index in [0.29, 0.717) is 16.6 Å². The fraction of sp³-hybridized carbons (Fsp3) is 0.400. The summed E-state index contributed by atoms with van der Waals surface area (Å²) < 4.78 is 11.6. The molecule has 1 N–H and O–H groups in total. The number of hydrogen-bond acceptors (Lipinski definition) is 4. The van der Waals surface area contributed by atoms with Gasteiger partial charge in [0.05, 0.1) is 10.0 Å². The Morgan fingerprint density at radius 1 is 1.15 bits per heavy atom. The summed E-state index contributed by atoms with van der Waals surface area (Å²) in [7, 11) is 0. The number of rotatable bonds is 7. The predicted molar refractivity (Wildman–Crippen MR) is 105 cm³/mol. The molecule has 1 saturated heterocycles. The van der Waals surface area contributed by atoms with Crippen LogP contribution in [0.4, 0.5) is 0 Å². The third-order valence-corrected chi connectivity index (χ3v) is 5.06. The highest BCUT2D eigenvalue weighted by molar-refractivity contribution is 6.42. The van der Waals surface area contributed by atoms with Crippen LogP contribution in [-0.2, 0) is 0 Å². The first-order chi connectivity index (χ1) is 12.5. The molecule has 0 aromatic heterocycles. The van der Waals surface area contributed by atoms with Crippen molar-refractivity contribution in [3.05, 3.63) is 58.1 Å². The first-order valence-electron chi connectivity index (χ1n) is 8.71. The van der Waals surface area contributed by atoms with E-state index in [9.17, 15) is 5.11 Å². The lowest BCUT2D eigenvalue weighted by Gasteiger charge is -2.20. The number of β-amino-alcohol motifs (C(OH)–C–C–N with tert-alkyl or cyclic N) is 1. The molecule has 0 amide bonds. The molecule has 1 aliphatic rings. The summed E-state index contributed by atoms with van der Waals surface area (Å²) in [5.74, 6) is 1.50. The van der Waals surface area contributed by atoms with Gasteiger partial charge in [-0.3, -0.25) is 4.90 Å². The maximum absolute atomic E-state index is 10.2. The lowest BCUT2D eigenvalue weighted by molar-refractivity contribution is 0.0720. The highest BCUT2D eigenvalue weighted by Gasteiger charge is 2.25. The number of likely N-dealkylation sites (tertiary alicyclic amines) is 1. The van der Waals surface area contributed by atoms with E-state index < -0.39 is 6.10 Å². The molecule has 2 unspecified atom stereocenters. The topological polar surface area (TPSA) is 41.9 Å². The van der Waals surface area contributed by atoms with Gasteiger partial charge < -0.3 is 14.6 Å². The average Bonchev–Trinajstić information content (AvgIpc) is 3.03. The van der Waals surface area contributed by atoms with Crippen molar-refractivity contribution in [3.8, 4) is 11.5 Å². The molecular formula is C20H23Cl2NO3. The predicted octanol–water partition coefficient (Wildman–Crippen LogP) is 4.19. The SMILES string of the molecule is Cc1cccc(OCC(O)CN2CCC(Oc3ccc(Cl)c(Cl)c3)C2)c1. The minimum atomic E-state index is -0.542. The van der Waals surface area contributed by atoms with Gasteiger partial charge in [0, 0.05) is 25.7 Å². The van der Waals surface area contributed by atoms with Crippen molar-refractivity contribution < 1.29 is 14.6 Å². The Morgan fingerprint density at radius 2 is 2.00 bits per heavy atom. The van der Waals surface area contributed by atoms with Crippen LogP contribution in [0.2, 0.25) is 10.0 Å². The van der Waals surface area contributed by atoms with E-state index in [0.717, 1.165) is 36.6 Å². The number of aliphatic hydroxyl groups is 1. The van der Waals surface area contributed by atoms with Crippen LogP contribution in [-0.4, -0.2) is 48.5 Å². The van der Waals surface area contributed by atoms with Crippen molar-refractivity contribution >= 4 is 23.2 Å². The van der Waals surface area contributed by atoms with Gasteiger partial charge in [-0.15, -0.1) is 0 Å². The van der Waals surface area contributed by atoms with Crippen LogP contribution in [0.3, 0.4) is 0 Å². The molecule has 1 heterocycles. The Hall–Kier alpha value is -1.46. The number of hydrogen-bond donors (Lipinski definition) is 1. The van der Waals surface area contributed by atoms with E-state index in [-0.39, 0.29) is 12.7 Å². The number of nitrogens with zero attached hydrogens (tertiary/aromatic N) is 1. The number of ether oxygens (including phenoxy) is 2. The van der Waals surface area contributed by atoms with Crippen LogP contribution in [0.15, 0.2) is 42.5 Å². The molecular weight excluding hydrogens is 373 g/mol. The zero-order valence-electron chi connectivity index (χ0n) is 14.7. The zero-order chi connectivity index (χ0) is 18.5. The van der Waals surface area contributed by atoms with Gasteiger partial charge in [-0.05, 0) is 43.2 Å². The summed E-state index contributed by atoms with van der Waals surface area (Å²) in [6, 6.07) is 13.1. The fourth-order valence-electron chi connectivity index (χ4n) is 3.05. The first-order valence-corrected chi connectivity index (χ1v) is 9.47. The van der Waals surface area contributed by atoms with Gasteiger partial charge in [-0.25, -0.2) is 0 Å². The zero-order valence-corrected chi connectivity index (χ0v) is 16.2. The molecule has 6 heteroatoms. The standard InChI is InChI=1S/C20H23Cl2NO3/c1-14-3-2-4-16(9-14)25-13-15(24)11-23-8-7-18(12-23)26-17-5-6-19(21)20(22)10-17/h2-6,9-10,15,18,24H,7-8,11-13H2,1H3. The van der Waals surface area contributed by atoms with E-state index >= 15 is 0 Å². The Morgan fingerprint density at radius 3 is 2.77 bits per heavy atom. The van der Waals surface area contributed by atoms with Crippen molar-refractivity contribution in [2.75, 3.05) is 26.2 Å². The van der Waals surface area contributed by atoms with Crippen LogP contribution >= 0.6 is 23.2 Å².